The number of hydrogen-bond donors (Lipinski definition) is 0. The van der Waals surface area contributed by atoms with E-state index in [2.05, 4.69) is 18.0 Å². The highest BCUT2D eigenvalue weighted by Gasteiger charge is 2.50. The number of rotatable bonds is 3. The van der Waals surface area contributed by atoms with Gasteiger partial charge in [-0.15, -0.1) is 0 Å². The van der Waals surface area contributed by atoms with Gasteiger partial charge in [0.05, 0.1) is 17.5 Å². The molecule has 5 nitrogen and oxygen atoms in total. The van der Waals surface area contributed by atoms with Crippen molar-refractivity contribution in [2.24, 2.45) is 4.99 Å². The van der Waals surface area contributed by atoms with Crippen LogP contribution in [0.1, 0.15) is 31.4 Å². The van der Waals surface area contributed by atoms with Crippen LogP contribution in [0.25, 0.3) is 0 Å². The molecule has 0 spiro atoms. The van der Waals surface area contributed by atoms with Crippen LogP contribution >= 0.6 is 11.8 Å². The third-order valence-corrected chi connectivity index (χ3v) is 7.74. The molecule has 24 heavy (non-hydrogen) atoms. The van der Waals surface area contributed by atoms with Crippen LogP contribution in [-0.2, 0) is 21.1 Å². The second-order valence-corrected chi connectivity index (χ2v) is 9.61. The Bertz CT molecular complexity index is 802. The largest absolute Gasteiger partial charge is 0.315 e. The van der Waals surface area contributed by atoms with Gasteiger partial charge in [0.2, 0.25) is 5.91 Å². The summed E-state index contributed by atoms with van der Waals surface area (Å²) >= 11 is 1.43. The van der Waals surface area contributed by atoms with Crippen molar-refractivity contribution >= 4 is 38.4 Å². The molecular formula is C17H22N2O3S2. The summed E-state index contributed by atoms with van der Waals surface area (Å²) in [7, 11) is -3.04. The Morgan fingerprint density at radius 1 is 1.33 bits per heavy atom. The van der Waals surface area contributed by atoms with Gasteiger partial charge in [-0.3, -0.25) is 4.79 Å². The summed E-state index contributed by atoms with van der Waals surface area (Å²) in [6.07, 6.45) is 1.19. The lowest BCUT2D eigenvalue weighted by Gasteiger charge is -2.28. The van der Waals surface area contributed by atoms with E-state index in [0.29, 0.717) is 11.6 Å². The molecule has 0 unspecified atom stereocenters. The maximum atomic E-state index is 12.1. The molecule has 2 aliphatic rings. The van der Waals surface area contributed by atoms with E-state index in [1.54, 1.807) is 6.92 Å². The van der Waals surface area contributed by atoms with Gasteiger partial charge in [-0.25, -0.2) is 8.42 Å². The van der Waals surface area contributed by atoms with Gasteiger partial charge in [-0.1, -0.05) is 43.8 Å². The number of carbonyl (C=O) groups is 1. The monoisotopic (exact) mass is 366 g/mol. The van der Waals surface area contributed by atoms with Crippen LogP contribution in [0.2, 0.25) is 0 Å². The highest BCUT2D eigenvalue weighted by molar-refractivity contribution is 8.16. The lowest BCUT2D eigenvalue weighted by molar-refractivity contribution is -0.117. The molecule has 2 fully saturated rings. The van der Waals surface area contributed by atoms with E-state index < -0.39 is 9.84 Å². The van der Waals surface area contributed by atoms with E-state index >= 15 is 0 Å². The number of aliphatic imine (C=N–C) groups is 1. The van der Waals surface area contributed by atoms with Gasteiger partial charge in [0, 0.05) is 17.4 Å². The van der Waals surface area contributed by atoms with Gasteiger partial charge < -0.3 is 4.90 Å². The Morgan fingerprint density at radius 2 is 2.08 bits per heavy atom. The number of sulfone groups is 1. The number of thioether (sulfide) groups is 1. The number of nitrogens with zero attached hydrogens (tertiary/aromatic N) is 2. The number of amides is 1. The number of fused-ring (bicyclic) bond motifs is 1. The van der Waals surface area contributed by atoms with Crippen LogP contribution in [0.3, 0.4) is 0 Å². The quantitative estimate of drug-likeness (QED) is 0.822. The van der Waals surface area contributed by atoms with Gasteiger partial charge in [-0.2, -0.15) is 4.99 Å². The SMILES string of the molecule is CCC(=O)N=C1S[C@@H]2CS(=O)(=O)C[C@H]2N1c1c(C)cccc1CC. The fourth-order valence-electron chi connectivity index (χ4n) is 3.36. The molecule has 0 bridgehead atoms. The first-order valence-corrected chi connectivity index (χ1v) is 10.9. The second kappa shape index (κ2) is 6.52. The Hall–Kier alpha value is -1.34. The number of amidine groups is 1. The average Bonchev–Trinajstić information content (AvgIpc) is 2.98. The van der Waals surface area contributed by atoms with Crippen molar-refractivity contribution < 1.29 is 13.2 Å². The zero-order valence-electron chi connectivity index (χ0n) is 14.2. The lowest BCUT2D eigenvalue weighted by atomic mass is 10.0. The Labute approximate surface area is 147 Å². The molecule has 1 aromatic rings. The summed E-state index contributed by atoms with van der Waals surface area (Å²) < 4.78 is 24.2. The third-order valence-electron chi connectivity index (χ3n) is 4.53. The van der Waals surface area contributed by atoms with Gasteiger partial charge in [-0.05, 0) is 24.5 Å². The first kappa shape index (κ1) is 17.5. The van der Waals surface area contributed by atoms with Crippen molar-refractivity contribution in [3.8, 4) is 0 Å². The van der Waals surface area contributed by atoms with Crippen LogP contribution in [0.5, 0.6) is 0 Å². The van der Waals surface area contributed by atoms with E-state index in [1.165, 1.54) is 11.8 Å². The van der Waals surface area contributed by atoms with Gasteiger partial charge in [0.1, 0.15) is 0 Å². The van der Waals surface area contributed by atoms with E-state index in [4.69, 9.17) is 0 Å². The zero-order valence-corrected chi connectivity index (χ0v) is 15.8. The molecule has 0 saturated carbocycles. The number of para-hydroxylation sites is 1. The molecule has 2 atom stereocenters. The van der Waals surface area contributed by atoms with Crippen molar-refractivity contribution in [2.45, 2.75) is 44.9 Å². The minimum Gasteiger partial charge on any atom is -0.315 e. The molecule has 1 amide bonds. The van der Waals surface area contributed by atoms with Crippen LogP contribution in [0.4, 0.5) is 5.69 Å². The van der Waals surface area contributed by atoms with E-state index in [1.807, 2.05) is 24.0 Å². The topological polar surface area (TPSA) is 66.8 Å². The number of hydrogen-bond acceptors (Lipinski definition) is 4. The normalized spacial score (nSPS) is 26.8. The summed E-state index contributed by atoms with van der Waals surface area (Å²) in [6, 6.07) is 5.95. The van der Waals surface area contributed by atoms with Crippen LogP contribution < -0.4 is 4.90 Å². The summed E-state index contributed by atoms with van der Waals surface area (Å²) in [4.78, 5) is 18.2. The predicted molar refractivity (Wildman–Crippen MR) is 99.6 cm³/mol. The molecule has 2 aliphatic heterocycles. The molecule has 2 heterocycles. The van der Waals surface area contributed by atoms with E-state index in [0.717, 1.165) is 23.2 Å². The average molecular weight is 367 g/mol. The Kier molecular flexibility index (Phi) is 4.75. The molecule has 2 saturated heterocycles. The molecule has 130 valence electrons. The highest BCUT2D eigenvalue weighted by Crippen LogP contribution is 2.43. The molecule has 0 aliphatic carbocycles. The van der Waals surface area contributed by atoms with Gasteiger partial charge in [0.15, 0.2) is 15.0 Å². The summed E-state index contributed by atoms with van der Waals surface area (Å²) in [5.74, 6) is 0.115. The highest BCUT2D eigenvalue weighted by atomic mass is 32.2. The van der Waals surface area contributed by atoms with Gasteiger partial charge >= 0.3 is 0 Å². The number of anilines is 1. The zero-order chi connectivity index (χ0) is 17.5. The van der Waals surface area contributed by atoms with Crippen molar-refractivity contribution in [1.29, 1.82) is 0 Å². The fraction of sp³-hybridized carbons (Fsp3) is 0.529. The molecule has 0 N–H and O–H groups in total. The fourth-order valence-corrected chi connectivity index (χ4v) is 7.28. The lowest BCUT2D eigenvalue weighted by Crippen LogP contribution is -2.38. The van der Waals surface area contributed by atoms with Crippen LogP contribution in [0, 0.1) is 6.92 Å². The molecule has 1 aromatic carbocycles. The Balaban J connectivity index is 2.12. The Morgan fingerprint density at radius 3 is 2.75 bits per heavy atom. The van der Waals surface area contributed by atoms with Crippen molar-refractivity contribution in [3.05, 3.63) is 29.3 Å². The summed E-state index contributed by atoms with van der Waals surface area (Å²) in [5, 5.41) is 0.596. The number of aryl methyl sites for hydroxylation is 2. The predicted octanol–water partition coefficient (Wildman–Crippen LogP) is 2.57. The number of carbonyl (C=O) groups excluding carboxylic acids is 1. The summed E-state index contributed by atoms with van der Waals surface area (Å²) in [5.41, 5.74) is 3.24. The van der Waals surface area contributed by atoms with Crippen molar-refractivity contribution in [1.82, 2.24) is 0 Å². The molecular weight excluding hydrogens is 344 g/mol. The van der Waals surface area contributed by atoms with E-state index in [9.17, 15) is 13.2 Å². The second-order valence-electron chi connectivity index (χ2n) is 6.25. The maximum Gasteiger partial charge on any atom is 0.247 e. The standard InChI is InChI=1S/C17H22N2O3S2/c1-4-12-8-6-7-11(3)16(12)19-13-9-24(21,22)10-14(13)23-17(19)18-15(20)5-2/h6-8,13-14H,4-5,9-10H2,1-3H3/t13-,14-/m1/s1. The van der Waals surface area contributed by atoms with Crippen molar-refractivity contribution in [3.63, 3.8) is 0 Å². The van der Waals surface area contributed by atoms with E-state index in [-0.39, 0.29) is 28.7 Å². The minimum atomic E-state index is -3.04. The smallest absolute Gasteiger partial charge is 0.247 e. The molecule has 3 rings (SSSR count). The molecule has 0 aromatic heterocycles. The third kappa shape index (κ3) is 3.11. The van der Waals surface area contributed by atoms with Crippen molar-refractivity contribution in [2.75, 3.05) is 16.4 Å². The van der Waals surface area contributed by atoms with Crippen LogP contribution in [-0.4, -0.2) is 42.3 Å². The maximum absolute atomic E-state index is 12.1. The molecule has 7 heteroatoms. The van der Waals surface area contributed by atoms with Gasteiger partial charge in [0.25, 0.3) is 0 Å². The summed E-state index contributed by atoms with van der Waals surface area (Å²) in [6.45, 7) is 5.89. The number of benzene rings is 1. The first-order valence-electron chi connectivity index (χ1n) is 8.22. The minimum absolute atomic E-state index is 0.0530. The van der Waals surface area contributed by atoms with Crippen LogP contribution in [0.15, 0.2) is 23.2 Å². The molecule has 0 radical (unpaired) electrons. The first-order chi connectivity index (χ1) is 11.4.